The van der Waals surface area contributed by atoms with Crippen LogP contribution in [0.15, 0.2) is 31.1 Å². The Kier molecular flexibility index (Phi) is 5.05. The molecule has 7 nitrogen and oxygen atoms in total. The van der Waals surface area contributed by atoms with Crippen molar-refractivity contribution in [3.8, 4) is 12.0 Å². The summed E-state index contributed by atoms with van der Waals surface area (Å²) in [6.07, 6.45) is 7.07. The summed E-state index contributed by atoms with van der Waals surface area (Å²) >= 11 is 0. The van der Waals surface area contributed by atoms with E-state index in [4.69, 9.17) is 4.74 Å². The van der Waals surface area contributed by atoms with Gasteiger partial charge in [0, 0.05) is 18.9 Å². The third-order valence-corrected chi connectivity index (χ3v) is 2.43. The number of unbranched alkanes of at least 4 members (excludes halogenated alkanes) is 1. The van der Waals surface area contributed by atoms with Gasteiger partial charge in [-0.25, -0.2) is 4.68 Å². The Hall–Kier alpha value is -2.44. The average molecular weight is 274 g/mol. The number of rotatable bonds is 8. The molecule has 106 valence electrons. The van der Waals surface area contributed by atoms with Gasteiger partial charge in [-0.1, -0.05) is 6.08 Å². The van der Waals surface area contributed by atoms with Crippen molar-refractivity contribution in [1.82, 2.24) is 24.7 Å². The molecule has 7 heteroatoms. The second kappa shape index (κ2) is 7.22. The molecule has 0 saturated heterocycles. The fourth-order valence-electron chi connectivity index (χ4n) is 1.53. The van der Waals surface area contributed by atoms with Gasteiger partial charge in [0.15, 0.2) is 0 Å². The van der Waals surface area contributed by atoms with Gasteiger partial charge in [-0.3, -0.25) is 0 Å². The molecule has 20 heavy (non-hydrogen) atoms. The first-order valence-corrected chi connectivity index (χ1v) is 6.57. The van der Waals surface area contributed by atoms with E-state index < -0.39 is 0 Å². The van der Waals surface area contributed by atoms with Gasteiger partial charge >= 0.3 is 6.01 Å². The van der Waals surface area contributed by atoms with Crippen LogP contribution in [0.3, 0.4) is 0 Å². The minimum atomic E-state index is 0.297. The highest BCUT2D eigenvalue weighted by Gasteiger charge is 2.08. The molecule has 0 aliphatic rings. The van der Waals surface area contributed by atoms with Crippen molar-refractivity contribution >= 4 is 5.95 Å². The first kappa shape index (κ1) is 14.0. The monoisotopic (exact) mass is 274 g/mol. The van der Waals surface area contributed by atoms with E-state index in [1.54, 1.807) is 23.1 Å². The summed E-state index contributed by atoms with van der Waals surface area (Å²) in [5, 5.41) is 7.16. The van der Waals surface area contributed by atoms with Gasteiger partial charge in [0.25, 0.3) is 5.95 Å². The number of nitrogens with one attached hydrogen (secondary N) is 1. The molecule has 0 unspecified atom stereocenters. The summed E-state index contributed by atoms with van der Waals surface area (Å²) in [7, 11) is 0. The number of ether oxygens (including phenoxy) is 1. The molecule has 2 rings (SSSR count). The Balaban J connectivity index is 2.15. The first-order valence-electron chi connectivity index (χ1n) is 6.57. The van der Waals surface area contributed by atoms with E-state index in [0.29, 0.717) is 24.5 Å². The minimum Gasteiger partial charge on any atom is -0.463 e. The molecule has 0 radical (unpaired) electrons. The zero-order valence-corrected chi connectivity index (χ0v) is 11.5. The van der Waals surface area contributed by atoms with Gasteiger partial charge in [-0.2, -0.15) is 20.1 Å². The van der Waals surface area contributed by atoms with Crippen LogP contribution < -0.4 is 10.1 Å². The molecule has 0 atom stereocenters. The van der Waals surface area contributed by atoms with Gasteiger partial charge in [0.1, 0.15) is 0 Å². The standard InChI is InChI=1S/C13H18N6O/c1-3-5-6-10-20-13-17-11(14-4-2)16-12(18-13)19-9-7-8-15-19/h3,7-9H,1,4-6,10H2,2H3,(H,14,16,17,18). The van der Waals surface area contributed by atoms with Crippen molar-refractivity contribution < 1.29 is 4.74 Å². The van der Waals surface area contributed by atoms with Crippen LogP contribution in [-0.4, -0.2) is 37.9 Å². The fraction of sp³-hybridized carbons (Fsp3) is 0.385. The van der Waals surface area contributed by atoms with Crippen LogP contribution in [0, 0.1) is 0 Å². The summed E-state index contributed by atoms with van der Waals surface area (Å²) in [6.45, 7) is 6.91. The van der Waals surface area contributed by atoms with Gasteiger partial charge in [0.05, 0.1) is 6.61 Å². The fourth-order valence-corrected chi connectivity index (χ4v) is 1.53. The molecular weight excluding hydrogens is 256 g/mol. The van der Waals surface area contributed by atoms with E-state index >= 15 is 0 Å². The van der Waals surface area contributed by atoms with Crippen LogP contribution in [0.1, 0.15) is 19.8 Å². The predicted molar refractivity (Wildman–Crippen MR) is 76.0 cm³/mol. The predicted octanol–water partition coefficient (Wildman–Crippen LogP) is 1.83. The molecule has 0 saturated carbocycles. The zero-order chi connectivity index (χ0) is 14.2. The summed E-state index contributed by atoms with van der Waals surface area (Å²) in [5.41, 5.74) is 0. The SMILES string of the molecule is C=CCCCOc1nc(NCC)nc(-n2cccn2)n1. The van der Waals surface area contributed by atoms with Crippen molar-refractivity contribution in [1.29, 1.82) is 0 Å². The third kappa shape index (κ3) is 3.78. The summed E-state index contributed by atoms with van der Waals surface area (Å²) in [6, 6.07) is 2.10. The van der Waals surface area contributed by atoms with Crippen LogP contribution in [0.2, 0.25) is 0 Å². The van der Waals surface area contributed by atoms with E-state index in [1.165, 1.54) is 0 Å². The number of hydrogen-bond acceptors (Lipinski definition) is 6. The minimum absolute atomic E-state index is 0.297. The lowest BCUT2D eigenvalue weighted by atomic mass is 10.3. The van der Waals surface area contributed by atoms with Crippen molar-refractivity contribution in [2.24, 2.45) is 0 Å². The second-order valence-corrected chi connectivity index (χ2v) is 4.00. The van der Waals surface area contributed by atoms with Crippen LogP contribution >= 0.6 is 0 Å². The smallest absolute Gasteiger partial charge is 0.323 e. The van der Waals surface area contributed by atoms with Crippen LogP contribution in [0.4, 0.5) is 5.95 Å². The lowest BCUT2D eigenvalue weighted by Crippen LogP contribution is -2.11. The molecule has 2 aromatic heterocycles. The largest absolute Gasteiger partial charge is 0.463 e. The summed E-state index contributed by atoms with van der Waals surface area (Å²) in [4.78, 5) is 12.7. The molecule has 0 aromatic carbocycles. The molecule has 0 spiro atoms. The summed E-state index contributed by atoms with van der Waals surface area (Å²) < 4.78 is 7.11. The molecule has 0 bridgehead atoms. The molecular formula is C13H18N6O. The highest BCUT2D eigenvalue weighted by molar-refractivity contribution is 5.29. The third-order valence-electron chi connectivity index (χ3n) is 2.43. The molecule has 1 N–H and O–H groups in total. The molecule has 0 fully saturated rings. The Morgan fingerprint density at radius 3 is 3.00 bits per heavy atom. The van der Waals surface area contributed by atoms with E-state index in [9.17, 15) is 0 Å². The number of aromatic nitrogens is 5. The van der Waals surface area contributed by atoms with Crippen molar-refractivity contribution in [3.05, 3.63) is 31.1 Å². The molecule has 2 aromatic rings. The quantitative estimate of drug-likeness (QED) is 0.584. The van der Waals surface area contributed by atoms with Crippen LogP contribution in [-0.2, 0) is 0 Å². The molecule has 0 amide bonds. The van der Waals surface area contributed by atoms with Crippen LogP contribution in [0.25, 0.3) is 5.95 Å². The van der Waals surface area contributed by atoms with Crippen LogP contribution in [0.5, 0.6) is 6.01 Å². The lowest BCUT2D eigenvalue weighted by molar-refractivity contribution is 0.286. The van der Waals surface area contributed by atoms with E-state index in [2.05, 4.69) is 31.9 Å². The molecule has 0 aliphatic heterocycles. The maximum absolute atomic E-state index is 5.54. The van der Waals surface area contributed by atoms with Gasteiger partial charge in [-0.15, -0.1) is 6.58 Å². The Bertz CT molecular complexity index is 540. The Morgan fingerprint density at radius 1 is 1.40 bits per heavy atom. The van der Waals surface area contributed by atoms with Gasteiger partial charge < -0.3 is 10.1 Å². The topological polar surface area (TPSA) is 77.8 Å². The van der Waals surface area contributed by atoms with Crippen molar-refractivity contribution in [3.63, 3.8) is 0 Å². The lowest BCUT2D eigenvalue weighted by Gasteiger charge is -2.08. The maximum atomic E-state index is 5.54. The van der Waals surface area contributed by atoms with Crippen molar-refractivity contribution in [2.75, 3.05) is 18.5 Å². The highest BCUT2D eigenvalue weighted by Crippen LogP contribution is 2.11. The first-order chi connectivity index (χ1) is 9.83. The van der Waals surface area contributed by atoms with E-state index in [1.807, 2.05) is 13.0 Å². The normalized spacial score (nSPS) is 10.2. The average Bonchev–Trinajstić information content (AvgIpc) is 2.98. The van der Waals surface area contributed by atoms with E-state index in [0.717, 1.165) is 19.4 Å². The van der Waals surface area contributed by atoms with Gasteiger partial charge in [0.2, 0.25) is 5.95 Å². The maximum Gasteiger partial charge on any atom is 0.323 e. The van der Waals surface area contributed by atoms with E-state index in [-0.39, 0.29) is 0 Å². The zero-order valence-electron chi connectivity index (χ0n) is 11.5. The number of nitrogens with zero attached hydrogens (tertiary/aromatic N) is 5. The van der Waals surface area contributed by atoms with Crippen molar-refractivity contribution in [2.45, 2.75) is 19.8 Å². The Morgan fingerprint density at radius 2 is 2.30 bits per heavy atom. The summed E-state index contributed by atoms with van der Waals surface area (Å²) in [5.74, 6) is 0.909. The van der Waals surface area contributed by atoms with Gasteiger partial charge in [-0.05, 0) is 25.8 Å². The highest BCUT2D eigenvalue weighted by atomic mass is 16.5. The second-order valence-electron chi connectivity index (χ2n) is 4.00. The number of hydrogen-bond donors (Lipinski definition) is 1. The Labute approximate surface area is 117 Å². The molecule has 0 aliphatic carbocycles. The number of anilines is 1. The number of allylic oxidation sites excluding steroid dienone is 1. The molecule has 2 heterocycles.